The molecule has 2 amide bonds. The van der Waals surface area contributed by atoms with Crippen LogP contribution in [0.3, 0.4) is 0 Å². The van der Waals surface area contributed by atoms with Crippen molar-refractivity contribution in [2.45, 2.75) is 25.6 Å². The molecule has 3 N–H and O–H groups in total. The van der Waals surface area contributed by atoms with Crippen molar-refractivity contribution in [2.24, 2.45) is 0 Å². The molecule has 1 aromatic carbocycles. The first-order valence-corrected chi connectivity index (χ1v) is 8.29. The second-order valence-corrected chi connectivity index (χ2v) is 6.38. The molecule has 1 aromatic heterocycles. The fourth-order valence-electron chi connectivity index (χ4n) is 2.11. The molecule has 0 aliphatic heterocycles. The first kappa shape index (κ1) is 17.5. The molecule has 2 atom stereocenters. The quantitative estimate of drug-likeness (QED) is 0.757. The molecule has 124 valence electrons. The minimum Gasteiger partial charge on any atom is -0.384 e. The molecule has 0 unspecified atom stereocenters. The smallest absolute Gasteiger partial charge is 0.319 e. The van der Waals surface area contributed by atoms with Gasteiger partial charge in [-0.05, 0) is 53.9 Å². The van der Waals surface area contributed by atoms with Crippen molar-refractivity contribution in [3.63, 3.8) is 0 Å². The first-order chi connectivity index (χ1) is 10.9. The van der Waals surface area contributed by atoms with Gasteiger partial charge in [0.25, 0.3) is 0 Å². The van der Waals surface area contributed by atoms with Gasteiger partial charge in [-0.2, -0.15) is 11.3 Å². The second-order valence-electron chi connectivity index (χ2n) is 5.60. The van der Waals surface area contributed by atoms with Gasteiger partial charge in [0.2, 0.25) is 0 Å². The maximum absolute atomic E-state index is 12.0. The Hall–Kier alpha value is -1.89. The Kier molecular flexibility index (Phi) is 5.76. The highest BCUT2D eigenvalue weighted by Gasteiger charge is 2.24. The van der Waals surface area contributed by atoms with Crippen molar-refractivity contribution in [1.82, 2.24) is 5.32 Å². The highest BCUT2D eigenvalue weighted by atomic mass is 32.1. The van der Waals surface area contributed by atoms with Gasteiger partial charge < -0.3 is 20.5 Å². The Labute approximate surface area is 140 Å². The van der Waals surface area contributed by atoms with Crippen LogP contribution in [0.1, 0.15) is 31.1 Å². The number of hydrogen-bond donors (Lipinski definition) is 3. The highest BCUT2D eigenvalue weighted by molar-refractivity contribution is 7.08. The molecule has 2 rings (SSSR count). The molecule has 0 radical (unpaired) electrons. The lowest BCUT2D eigenvalue weighted by molar-refractivity contribution is 0.0604. The van der Waals surface area contributed by atoms with E-state index in [2.05, 4.69) is 10.6 Å². The van der Waals surface area contributed by atoms with Gasteiger partial charge in [-0.15, -0.1) is 0 Å². The number of hydrogen-bond acceptors (Lipinski definition) is 4. The number of aliphatic hydroxyl groups is 1. The number of anilines is 1. The summed E-state index contributed by atoms with van der Waals surface area (Å²) in [6.07, 6.45) is -0.0425. The Morgan fingerprint density at radius 1 is 1.43 bits per heavy atom. The number of thiophene rings is 1. The molecule has 0 fully saturated rings. The summed E-state index contributed by atoms with van der Waals surface area (Å²) in [4.78, 5) is 12.0. The van der Waals surface area contributed by atoms with Crippen LogP contribution in [0.15, 0.2) is 41.1 Å². The summed E-state index contributed by atoms with van der Waals surface area (Å²) in [5.74, 6) is 0. The fraction of sp³-hybridized carbons (Fsp3) is 0.353. The monoisotopic (exact) mass is 334 g/mol. The molecule has 23 heavy (non-hydrogen) atoms. The Morgan fingerprint density at radius 2 is 2.22 bits per heavy atom. The van der Waals surface area contributed by atoms with Crippen LogP contribution in [0, 0.1) is 0 Å². The SMILES string of the molecule is CO[C@H](C)c1cccc(NC(=O)NC[C@@](C)(O)c2ccsc2)c1. The van der Waals surface area contributed by atoms with E-state index in [0.717, 1.165) is 11.1 Å². The molecule has 2 aromatic rings. The summed E-state index contributed by atoms with van der Waals surface area (Å²) in [6.45, 7) is 3.75. The van der Waals surface area contributed by atoms with Crippen molar-refractivity contribution in [3.8, 4) is 0 Å². The van der Waals surface area contributed by atoms with Crippen molar-refractivity contribution in [2.75, 3.05) is 19.0 Å². The summed E-state index contributed by atoms with van der Waals surface area (Å²) in [6, 6.07) is 8.97. The molecule has 1 heterocycles. The maximum Gasteiger partial charge on any atom is 0.319 e. The summed E-state index contributed by atoms with van der Waals surface area (Å²) < 4.78 is 5.27. The van der Waals surface area contributed by atoms with Crippen LogP contribution in [0.25, 0.3) is 0 Å². The minimum absolute atomic E-state index is 0.0425. The van der Waals surface area contributed by atoms with Crippen LogP contribution in [-0.4, -0.2) is 24.8 Å². The van der Waals surface area contributed by atoms with Crippen LogP contribution in [0.2, 0.25) is 0 Å². The van der Waals surface area contributed by atoms with Crippen LogP contribution in [-0.2, 0) is 10.3 Å². The number of amides is 2. The first-order valence-electron chi connectivity index (χ1n) is 7.35. The van der Waals surface area contributed by atoms with Gasteiger partial charge in [0.05, 0.1) is 12.6 Å². The van der Waals surface area contributed by atoms with Crippen molar-refractivity contribution >= 4 is 23.1 Å². The third-order valence-electron chi connectivity index (χ3n) is 3.70. The van der Waals surface area contributed by atoms with E-state index in [9.17, 15) is 9.90 Å². The van der Waals surface area contributed by atoms with E-state index in [1.165, 1.54) is 11.3 Å². The Balaban J connectivity index is 1.92. The minimum atomic E-state index is -1.09. The van der Waals surface area contributed by atoms with Crippen LogP contribution in [0.4, 0.5) is 10.5 Å². The van der Waals surface area contributed by atoms with E-state index in [-0.39, 0.29) is 18.7 Å². The Morgan fingerprint density at radius 3 is 2.87 bits per heavy atom. The largest absolute Gasteiger partial charge is 0.384 e. The van der Waals surface area contributed by atoms with Crippen molar-refractivity contribution in [3.05, 3.63) is 52.2 Å². The lowest BCUT2D eigenvalue weighted by Crippen LogP contribution is -2.40. The van der Waals surface area contributed by atoms with Crippen molar-refractivity contribution in [1.29, 1.82) is 0 Å². The van der Waals surface area contributed by atoms with Gasteiger partial charge in [0.15, 0.2) is 0 Å². The fourth-order valence-corrected chi connectivity index (χ4v) is 2.89. The molecule has 0 aliphatic rings. The van der Waals surface area contributed by atoms with E-state index in [1.54, 1.807) is 14.0 Å². The molecular formula is C17H22N2O3S. The number of urea groups is 1. The van der Waals surface area contributed by atoms with E-state index in [0.29, 0.717) is 5.69 Å². The molecule has 0 bridgehead atoms. The average Bonchev–Trinajstić information content (AvgIpc) is 3.08. The molecule has 0 saturated heterocycles. The van der Waals surface area contributed by atoms with Gasteiger partial charge >= 0.3 is 6.03 Å². The molecule has 0 saturated carbocycles. The molecule has 6 heteroatoms. The predicted octanol–water partition coefficient (Wildman–Crippen LogP) is 3.48. The van der Waals surface area contributed by atoms with Gasteiger partial charge in [0.1, 0.15) is 5.60 Å². The van der Waals surface area contributed by atoms with Crippen LogP contribution < -0.4 is 10.6 Å². The standard InChI is InChI=1S/C17H22N2O3S/c1-12(22-3)13-5-4-6-15(9-13)19-16(20)18-11-17(2,21)14-7-8-23-10-14/h4-10,12,21H,11H2,1-3H3,(H2,18,19,20)/t12-,17-/m1/s1. The maximum atomic E-state index is 12.0. The van der Waals surface area contributed by atoms with Crippen LogP contribution >= 0.6 is 11.3 Å². The van der Waals surface area contributed by atoms with Crippen LogP contribution in [0.5, 0.6) is 0 Å². The van der Waals surface area contributed by atoms with Gasteiger partial charge in [-0.3, -0.25) is 0 Å². The number of carbonyl (C=O) groups is 1. The number of carbonyl (C=O) groups excluding carboxylic acids is 1. The van der Waals surface area contributed by atoms with Gasteiger partial charge in [0, 0.05) is 12.8 Å². The zero-order chi connectivity index (χ0) is 16.9. The highest BCUT2D eigenvalue weighted by Crippen LogP contribution is 2.22. The number of ether oxygens (including phenoxy) is 1. The molecular weight excluding hydrogens is 312 g/mol. The third kappa shape index (κ3) is 4.79. The lowest BCUT2D eigenvalue weighted by Gasteiger charge is -2.23. The molecule has 0 spiro atoms. The van der Waals surface area contributed by atoms with E-state index in [4.69, 9.17) is 4.74 Å². The number of rotatable bonds is 6. The Bertz CT molecular complexity index is 641. The topological polar surface area (TPSA) is 70.6 Å². The van der Waals surface area contributed by atoms with Crippen molar-refractivity contribution < 1.29 is 14.6 Å². The second kappa shape index (κ2) is 7.59. The summed E-state index contributed by atoms with van der Waals surface area (Å²) >= 11 is 1.51. The normalized spacial score (nSPS) is 14.8. The molecule has 0 aliphatic carbocycles. The number of methoxy groups -OCH3 is 1. The van der Waals surface area contributed by atoms with Gasteiger partial charge in [-0.1, -0.05) is 12.1 Å². The predicted molar refractivity (Wildman–Crippen MR) is 92.8 cm³/mol. The zero-order valence-electron chi connectivity index (χ0n) is 13.5. The number of benzene rings is 1. The number of nitrogens with one attached hydrogen (secondary N) is 2. The van der Waals surface area contributed by atoms with E-state index >= 15 is 0 Å². The summed E-state index contributed by atoms with van der Waals surface area (Å²) in [7, 11) is 1.64. The summed E-state index contributed by atoms with van der Waals surface area (Å²) in [5.41, 5.74) is 1.36. The van der Waals surface area contributed by atoms with E-state index in [1.807, 2.05) is 48.0 Å². The zero-order valence-corrected chi connectivity index (χ0v) is 14.3. The van der Waals surface area contributed by atoms with Gasteiger partial charge in [-0.25, -0.2) is 4.79 Å². The third-order valence-corrected chi connectivity index (χ3v) is 4.39. The molecule has 5 nitrogen and oxygen atoms in total. The van der Waals surface area contributed by atoms with E-state index < -0.39 is 5.60 Å². The average molecular weight is 334 g/mol. The summed E-state index contributed by atoms with van der Waals surface area (Å²) in [5, 5.41) is 19.6. The lowest BCUT2D eigenvalue weighted by atomic mass is 9.99.